The van der Waals surface area contributed by atoms with Crippen molar-refractivity contribution in [1.29, 1.82) is 0 Å². The van der Waals surface area contributed by atoms with Crippen molar-refractivity contribution in [2.45, 2.75) is 103 Å². The van der Waals surface area contributed by atoms with E-state index in [1.54, 1.807) is 0 Å². The minimum absolute atomic E-state index is 0.0125. The summed E-state index contributed by atoms with van der Waals surface area (Å²) < 4.78 is 73.4. The van der Waals surface area contributed by atoms with Gasteiger partial charge in [0.15, 0.2) is 0 Å². The zero-order valence-corrected chi connectivity index (χ0v) is 26.7. The molecule has 0 aliphatic heterocycles. The highest BCUT2D eigenvalue weighted by Gasteiger charge is 2.65. The molecule has 4 aliphatic carbocycles. The van der Waals surface area contributed by atoms with Gasteiger partial charge in [0.2, 0.25) is 0 Å². The quantitative estimate of drug-likeness (QED) is 0.320. The van der Waals surface area contributed by atoms with E-state index in [4.69, 9.17) is 4.74 Å². The number of sulfonamides is 1. The molecule has 0 radical (unpaired) electrons. The third kappa shape index (κ3) is 6.07. The maximum Gasteiger partial charge on any atom is 0.573 e. The molecule has 248 valence electrons. The molecular formula is C32H46F3NO7S. The number of carbonyl (C=O) groups excluding carboxylic acids is 1. The fourth-order valence-electron chi connectivity index (χ4n) is 10.3. The number of hydrogen-bond donors (Lipinski definition) is 3. The van der Waals surface area contributed by atoms with E-state index in [2.05, 4.69) is 25.5 Å². The molecule has 1 aromatic rings. The van der Waals surface area contributed by atoms with E-state index in [9.17, 15) is 36.6 Å². The van der Waals surface area contributed by atoms with Crippen LogP contribution in [0.4, 0.5) is 18.0 Å². The highest BCUT2D eigenvalue weighted by Crippen LogP contribution is 2.69. The van der Waals surface area contributed by atoms with Gasteiger partial charge in [-0.2, -0.15) is 0 Å². The molecule has 4 aliphatic rings. The van der Waals surface area contributed by atoms with Crippen molar-refractivity contribution < 1.29 is 46.1 Å². The van der Waals surface area contributed by atoms with Gasteiger partial charge in [-0.25, -0.2) is 17.9 Å². The van der Waals surface area contributed by atoms with Crippen LogP contribution in [0, 0.1) is 52.3 Å². The number of nitrogens with one attached hydrogen (secondary N) is 1. The lowest BCUT2D eigenvalue weighted by Crippen LogP contribution is -2.62. The number of hydrogen-bond acceptors (Lipinski definition) is 7. The average Bonchev–Trinajstić information content (AvgIpc) is 3.29. The Kier molecular flexibility index (Phi) is 9.05. The second-order valence-electron chi connectivity index (χ2n) is 14.3. The zero-order chi connectivity index (χ0) is 32.2. The Bertz CT molecular complexity index is 1310. The fourth-order valence-corrected chi connectivity index (χ4v) is 11.2. The minimum atomic E-state index is -4.91. The van der Waals surface area contributed by atoms with E-state index in [-0.39, 0.29) is 47.2 Å². The molecule has 0 spiro atoms. The summed E-state index contributed by atoms with van der Waals surface area (Å²) in [6.45, 7) is 8.89. The Balaban J connectivity index is 1.22. The summed E-state index contributed by atoms with van der Waals surface area (Å²) in [5.41, 5.74) is 0.0522. The molecule has 8 nitrogen and oxygen atoms in total. The second-order valence-corrected chi connectivity index (χ2v) is 16.0. The van der Waals surface area contributed by atoms with Crippen molar-refractivity contribution in [3.8, 4) is 5.75 Å². The van der Waals surface area contributed by atoms with Crippen LogP contribution in [0.2, 0.25) is 0 Å². The Labute approximate surface area is 258 Å². The Morgan fingerprint density at radius 2 is 1.66 bits per heavy atom. The normalized spacial score (nSPS) is 39.4. The largest absolute Gasteiger partial charge is 0.573 e. The van der Waals surface area contributed by atoms with Gasteiger partial charge in [-0.3, -0.25) is 0 Å². The van der Waals surface area contributed by atoms with Crippen LogP contribution in [0.1, 0.15) is 79.1 Å². The molecular weight excluding hydrogens is 599 g/mol. The van der Waals surface area contributed by atoms with Gasteiger partial charge in [0.25, 0.3) is 10.0 Å². The fraction of sp³-hybridized carbons (Fsp3) is 0.781. The molecule has 1 amide bonds. The summed E-state index contributed by atoms with van der Waals surface area (Å²) in [6, 6.07) is 3.53. The highest BCUT2D eigenvalue weighted by molar-refractivity contribution is 7.90. The standard InChI is InChI=1S/C32H46F3NO7S/c1-5-22-26-16-19(37)12-14-31(26,4)25-13-15-30(3)23(10-11-24(30)27(25)28(22)38)18(2)17-42-29(39)36-44(40,41)21-8-6-20(7-9-21)43-32(33,34)35/h6-9,18-19,22-28,37-38H,5,10-17H2,1-4H3,(H,36,39)/t18-,19-,22-,23?,24?,25?,26?,27?,28-,30-,31-/m1/s1. The van der Waals surface area contributed by atoms with Crippen LogP contribution in [0.15, 0.2) is 29.2 Å². The van der Waals surface area contributed by atoms with Crippen molar-refractivity contribution in [2.75, 3.05) is 6.61 Å². The van der Waals surface area contributed by atoms with E-state index < -0.39 is 39.2 Å². The van der Waals surface area contributed by atoms with Gasteiger partial charge in [0, 0.05) is 0 Å². The van der Waals surface area contributed by atoms with Gasteiger partial charge >= 0.3 is 12.5 Å². The first-order chi connectivity index (χ1) is 20.5. The number of benzene rings is 1. The van der Waals surface area contributed by atoms with E-state index in [0.717, 1.165) is 75.6 Å². The predicted molar refractivity (Wildman–Crippen MR) is 156 cm³/mol. The van der Waals surface area contributed by atoms with Crippen molar-refractivity contribution in [2.24, 2.45) is 52.3 Å². The molecule has 44 heavy (non-hydrogen) atoms. The maximum atomic E-state index is 12.6. The summed E-state index contributed by atoms with van der Waals surface area (Å²) in [6.07, 6.45) is 0.647. The molecule has 1 aromatic carbocycles. The summed E-state index contributed by atoms with van der Waals surface area (Å²) in [5.74, 6) is 1.01. The topological polar surface area (TPSA) is 122 Å². The third-order valence-electron chi connectivity index (χ3n) is 12.2. The number of fused-ring (bicyclic) bond motifs is 5. The molecule has 5 rings (SSSR count). The first-order valence-corrected chi connectivity index (χ1v) is 17.4. The summed E-state index contributed by atoms with van der Waals surface area (Å²) in [4.78, 5) is 12.1. The number of amides is 1. The number of aliphatic hydroxyl groups is 2. The van der Waals surface area contributed by atoms with Crippen molar-refractivity contribution in [3.05, 3.63) is 24.3 Å². The first-order valence-electron chi connectivity index (χ1n) is 15.9. The Morgan fingerprint density at radius 3 is 2.30 bits per heavy atom. The van der Waals surface area contributed by atoms with Crippen LogP contribution in [-0.2, 0) is 14.8 Å². The molecule has 0 saturated heterocycles. The average molecular weight is 646 g/mol. The van der Waals surface area contributed by atoms with Gasteiger partial charge < -0.3 is 19.7 Å². The number of alkyl halides is 3. The first kappa shape index (κ1) is 33.3. The summed E-state index contributed by atoms with van der Waals surface area (Å²) in [5, 5.41) is 22.4. The number of rotatable bonds is 7. The molecule has 5 unspecified atom stereocenters. The lowest BCUT2D eigenvalue weighted by Gasteiger charge is -2.64. The lowest BCUT2D eigenvalue weighted by atomic mass is 9.41. The van der Waals surface area contributed by atoms with E-state index in [1.165, 1.54) is 0 Å². The smallest absolute Gasteiger partial charge is 0.449 e. The van der Waals surface area contributed by atoms with Crippen LogP contribution >= 0.6 is 0 Å². The van der Waals surface area contributed by atoms with Crippen LogP contribution in [0.25, 0.3) is 0 Å². The zero-order valence-electron chi connectivity index (χ0n) is 25.8. The molecule has 11 atom stereocenters. The molecule has 4 saturated carbocycles. The monoisotopic (exact) mass is 645 g/mol. The van der Waals surface area contributed by atoms with E-state index >= 15 is 0 Å². The Hall–Kier alpha value is -2.05. The molecule has 0 heterocycles. The van der Waals surface area contributed by atoms with Crippen molar-refractivity contribution in [1.82, 2.24) is 4.72 Å². The summed E-state index contributed by atoms with van der Waals surface area (Å²) >= 11 is 0. The Morgan fingerprint density at radius 1 is 1.02 bits per heavy atom. The molecule has 12 heteroatoms. The van der Waals surface area contributed by atoms with Gasteiger partial charge in [0.05, 0.1) is 23.7 Å². The molecule has 0 bridgehead atoms. The van der Waals surface area contributed by atoms with E-state index in [1.807, 2.05) is 11.6 Å². The number of ether oxygens (including phenoxy) is 2. The highest BCUT2D eigenvalue weighted by atomic mass is 32.2. The minimum Gasteiger partial charge on any atom is -0.449 e. The van der Waals surface area contributed by atoms with Crippen molar-refractivity contribution in [3.63, 3.8) is 0 Å². The van der Waals surface area contributed by atoms with Gasteiger partial charge in [-0.05, 0) is 121 Å². The van der Waals surface area contributed by atoms with Gasteiger partial charge in [-0.15, -0.1) is 13.2 Å². The van der Waals surface area contributed by atoms with Crippen LogP contribution in [0.3, 0.4) is 0 Å². The second kappa shape index (κ2) is 12.0. The summed E-state index contributed by atoms with van der Waals surface area (Å²) in [7, 11) is -4.37. The van der Waals surface area contributed by atoms with Crippen molar-refractivity contribution >= 4 is 16.1 Å². The van der Waals surface area contributed by atoms with Gasteiger partial charge in [0.1, 0.15) is 5.75 Å². The van der Waals surface area contributed by atoms with Crippen LogP contribution in [0.5, 0.6) is 5.75 Å². The number of carbonyl (C=O) groups is 1. The number of halogens is 3. The van der Waals surface area contributed by atoms with Gasteiger partial charge in [-0.1, -0.05) is 34.1 Å². The number of aliphatic hydroxyl groups excluding tert-OH is 2. The third-order valence-corrected chi connectivity index (χ3v) is 13.5. The van der Waals surface area contributed by atoms with E-state index in [0.29, 0.717) is 17.8 Å². The lowest BCUT2D eigenvalue weighted by molar-refractivity contribution is -0.274. The molecule has 4 fully saturated rings. The maximum absolute atomic E-state index is 12.6. The van der Waals surface area contributed by atoms with Crippen LogP contribution in [-0.4, -0.2) is 49.9 Å². The van der Waals surface area contributed by atoms with Crippen LogP contribution < -0.4 is 9.46 Å². The molecule has 0 aromatic heterocycles. The molecule has 3 N–H and O–H groups in total. The predicted octanol–water partition coefficient (Wildman–Crippen LogP) is 6.26. The SMILES string of the molecule is CC[C@@H]1C2C[C@H](O)CC[C@]2(C)C2CC[C@@]3(C)C(CCC3[C@H](C)COC(=O)NS(=O)(=O)c3ccc(OC(F)(F)F)cc3)C2[C@@H]1O.